The van der Waals surface area contributed by atoms with E-state index < -0.39 is 6.36 Å². The Morgan fingerprint density at radius 2 is 1.88 bits per heavy atom. The maximum Gasteiger partial charge on any atom is 0.573 e. The number of nitrogens with one attached hydrogen (secondary N) is 1. The SMILES string of the molecule is CN1CCN(c2ccc(OC(F)(F)F)c(Nc3nccc(Cl)n3)c2)CC1. The van der Waals surface area contributed by atoms with Crippen molar-refractivity contribution in [1.29, 1.82) is 0 Å². The third-order valence-electron chi connectivity index (χ3n) is 3.93. The summed E-state index contributed by atoms with van der Waals surface area (Å²) in [5, 5.41) is 2.93. The van der Waals surface area contributed by atoms with E-state index in [1.807, 2.05) is 7.05 Å². The number of halogens is 4. The van der Waals surface area contributed by atoms with E-state index >= 15 is 0 Å². The average Bonchev–Trinajstić information content (AvgIpc) is 2.56. The zero-order valence-corrected chi connectivity index (χ0v) is 14.7. The molecule has 0 spiro atoms. The van der Waals surface area contributed by atoms with Crippen molar-refractivity contribution in [1.82, 2.24) is 14.9 Å². The largest absolute Gasteiger partial charge is 0.573 e. The van der Waals surface area contributed by atoms with Gasteiger partial charge in [-0.2, -0.15) is 0 Å². The number of nitrogens with zero attached hydrogens (tertiary/aromatic N) is 4. The molecule has 3 rings (SSSR count). The lowest BCUT2D eigenvalue weighted by Crippen LogP contribution is -2.44. The smallest absolute Gasteiger partial charge is 0.404 e. The molecule has 1 saturated heterocycles. The van der Waals surface area contributed by atoms with E-state index in [0.29, 0.717) is 0 Å². The molecule has 0 radical (unpaired) electrons. The molecule has 0 atom stereocenters. The first-order valence-corrected chi connectivity index (χ1v) is 8.27. The van der Waals surface area contributed by atoms with Crippen molar-refractivity contribution in [3.05, 3.63) is 35.6 Å². The molecule has 1 aliphatic heterocycles. The molecule has 0 amide bonds. The molecule has 0 unspecified atom stereocenters. The van der Waals surface area contributed by atoms with E-state index in [4.69, 9.17) is 11.6 Å². The highest BCUT2D eigenvalue weighted by Crippen LogP contribution is 2.35. The first kappa shape index (κ1) is 18.5. The van der Waals surface area contributed by atoms with Crippen LogP contribution in [-0.2, 0) is 0 Å². The van der Waals surface area contributed by atoms with Crippen LogP contribution in [0.2, 0.25) is 5.15 Å². The van der Waals surface area contributed by atoms with Gasteiger partial charge < -0.3 is 19.9 Å². The van der Waals surface area contributed by atoms with Crippen molar-refractivity contribution in [2.45, 2.75) is 6.36 Å². The van der Waals surface area contributed by atoms with Crippen LogP contribution in [0.3, 0.4) is 0 Å². The number of anilines is 3. The van der Waals surface area contributed by atoms with E-state index in [1.54, 1.807) is 12.1 Å². The number of benzene rings is 1. The van der Waals surface area contributed by atoms with Gasteiger partial charge in [-0.3, -0.25) is 0 Å². The molecule has 10 heteroatoms. The van der Waals surface area contributed by atoms with E-state index in [1.165, 1.54) is 18.3 Å². The van der Waals surface area contributed by atoms with Crippen LogP contribution in [0.5, 0.6) is 5.75 Å². The lowest BCUT2D eigenvalue weighted by Gasteiger charge is -2.34. The fraction of sp³-hybridized carbons (Fsp3) is 0.375. The van der Waals surface area contributed by atoms with Gasteiger partial charge in [0.05, 0.1) is 5.69 Å². The van der Waals surface area contributed by atoms with Crippen molar-refractivity contribution < 1.29 is 17.9 Å². The predicted octanol–water partition coefficient (Wildman–Crippen LogP) is 3.52. The van der Waals surface area contributed by atoms with Gasteiger partial charge in [-0.15, -0.1) is 13.2 Å². The molecule has 0 bridgehead atoms. The number of hydrogen-bond donors (Lipinski definition) is 1. The van der Waals surface area contributed by atoms with Crippen LogP contribution in [0.15, 0.2) is 30.5 Å². The highest BCUT2D eigenvalue weighted by molar-refractivity contribution is 6.29. The first-order chi connectivity index (χ1) is 12.3. The van der Waals surface area contributed by atoms with Gasteiger partial charge in [0.2, 0.25) is 5.95 Å². The zero-order valence-electron chi connectivity index (χ0n) is 13.9. The lowest BCUT2D eigenvalue weighted by molar-refractivity contribution is -0.274. The Hall–Kier alpha value is -2.26. The lowest BCUT2D eigenvalue weighted by atomic mass is 10.2. The van der Waals surface area contributed by atoms with Crippen molar-refractivity contribution in [2.24, 2.45) is 0 Å². The van der Waals surface area contributed by atoms with E-state index in [9.17, 15) is 13.2 Å². The van der Waals surface area contributed by atoms with Crippen molar-refractivity contribution in [2.75, 3.05) is 43.4 Å². The number of piperazine rings is 1. The van der Waals surface area contributed by atoms with Gasteiger partial charge in [-0.25, -0.2) is 9.97 Å². The number of likely N-dealkylation sites (N-methyl/N-ethyl adjacent to an activating group) is 1. The second kappa shape index (κ2) is 7.55. The maximum absolute atomic E-state index is 12.7. The minimum atomic E-state index is -4.80. The van der Waals surface area contributed by atoms with E-state index in [0.717, 1.165) is 31.9 Å². The Bertz CT molecular complexity index is 766. The van der Waals surface area contributed by atoms with Crippen LogP contribution in [0.4, 0.5) is 30.5 Å². The highest BCUT2D eigenvalue weighted by Gasteiger charge is 2.32. The molecular weight excluding hydrogens is 371 g/mol. The van der Waals surface area contributed by atoms with Crippen LogP contribution in [-0.4, -0.2) is 54.5 Å². The molecule has 140 valence electrons. The fourth-order valence-electron chi connectivity index (χ4n) is 2.61. The molecule has 1 aliphatic rings. The molecule has 0 saturated carbocycles. The molecular formula is C16H17ClF3N5O. The first-order valence-electron chi connectivity index (χ1n) is 7.89. The Kier molecular flexibility index (Phi) is 5.38. The van der Waals surface area contributed by atoms with E-state index in [2.05, 4.69) is 29.8 Å². The zero-order chi connectivity index (χ0) is 18.7. The monoisotopic (exact) mass is 387 g/mol. The average molecular weight is 388 g/mol. The number of aromatic nitrogens is 2. The second-order valence-corrected chi connectivity index (χ2v) is 6.23. The molecule has 1 fully saturated rings. The maximum atomic E-state index is 12.7. The van der Waals surface area contributed by atoms with Crippen LogP contribution in [0.25, 0.3) is 0 Å². The summed E-state index contributed by atoms with van der Waals surface area (Å²) in [6, 6.07) is 5.96. The van der Waals surface area contributed by atoms with Crippen molar-refractivity contribution in [3.8, 4) is 5.75 Å². The highest BCUT2D eigenvalue weighted by atomic mass is 35.5. The van der Waals surface area contributed by atoms with Gasteiger partial charge in [0.1, 0.15) is 5.15 Å². The summed E-state index contributed by atoms with van der Waals surface area (Å²) in [4.78, 5) is 12.2. The molecule has 0 aliphatic carbocycles. The summed E-state index contributed by atoms with van der Waals surface area (Å²) < 4.78 is 42.2. The molecule has 2 heterocycles. The van der Waals surface area contributed by atoms with Gasteiger partial charge >= 0.3 is 6.36 Å². The Morgan fingerprint density at radius 1 is 1.15 bits per heavy atom. The summed E-state index contributed by atoms with van der Waals surface area (Å²) in [6.45, 7) is 3.31. The Morgan fingerprint density at radius 3 is 2.54 bits per heavy atom. The van der Waals surface area contributed by atoms with Gasteiger partial charge in [0, 0.05) is 38.1 Å². The summed E-state index contributed by atoms with van der Waals surface area (Å²) >= 11 is 5.81. The van der Waals surface area contributed by atoms with Crippen LogP contribution in [0, 0.1) is 0 Å². The van der Waals surface area contributed by atoms with Gasteiger partial charge in [-0.1, -0.05) is 11.6 Å². The molecule has 1 aromatic carbocycles. The molecule has 6 nitrogen and oxygen atoms in total. The summed E-state index contributed by atoms with van der Waals surface area (Å²) in [7, 11) is 2.03. The number of alkyl halides is 3. The van der Waals surface area contributed by atoms with Crippen molar-refractivity contribution >= 4 is 28.9 Å². The quantitative estimate of drug-likeness (QED) is 0.810. The predicted molar refractivity (Wildman–Crippen MR) is 93.2 cm³/mol. The van der Waals surface area contributed by atoms with Crippen molar-refractivity contribution in [3.63, 3.8) is 0 Å². The standard InChI is InChI=1S/C16H17ClF3N5O/c1-24-6-8-25(9-7-24)11-2-3-13(26-16(18,19)20)12(10-11)22-15-21-5-4-14(17)23-15/h2-5,10H,6-9H2,1H3,(H,21,22,23). The second-order valence-electron chi connectivity index (χ2n) is 5.85. The van der Waals surface area contributed by atoms with Gasteiger partial charge in [-0.05, 0) is 31.3 Å². The minimum absolute atomic E-state index is 0.0834. The Balaban J connectivity index is 1.90. The van der Waals surface area contributed by atoms with Crippen LogP contribution >= 0.6 is 11.6 Å². The molecule has 1 N–H and O–H groups in total. The topological polar surface area (TPSA) is 53.5 Å². The minimum Gasteiger partial charge on any atom is -0.404 e. The summed E-state index contributed by atoms with van der Waals surface area (Å²) in [5.41, 5.74) is 0.901. The normalized spacial score (nSPS) is 15.8. The number of rotatable bonds is 4. The molecule has 2 aromatic rings. The molecule has 26 heavy (non-hydrogen) atoms. The third kappa shape index (κ3) is 4.89. The fourth-order valence-corrected chi connectivity index (χ4v) is 2.74. The number of hydrogen-bond acceptors (Lipinski definition) is 6. The van der Waals surface area contributed by atoms with Crippen LogP contribution < -0.4 is 15.0 Å². The third-order valence-corrected chi connectivity index (χ3v) is 4.14. The van der Waals surface area contributed by atoms with Gasteiger partial charge in [0.25, 0.3) is 0 Å². The summed E-state index contributed by atoms with van der Waals surface area (Å²) in [6.07, 6.45) is -3.40. The van der Waals surface area contributed by atoms with Crippen LogP contribution in [0.1, 0.15) is 0 Å². The Labute approximate surface area is 153 Å². The van der Waals surface area contributed by atoms with Gasteiger partial charge in [0.15, 0.2) is 5.75 Å². The summed E-state index contributed by atoms with van der Waals surface area (Å²) in [5.74, 6) is -0.279. The number of ether oxygens (including phenoxy) is 1. The van der Waals surface area contributed by atoms with E-state index in [-0.39, 0.29) is 22.5 Å². The molecule has 1 aromatic heterocycles.